The van der Waals surface area contributed by atoms with Crippen molar-refractivity contribution in [2.24, 2.45) is 0 Å². The normalized spacial score (nSPS) is 18.7. The summed E-state index contributed by atoms with van der Waals surface area (Å²) in [4.78, 5) is 2.15. The van der Waals surface area contributed by atoms with E-state index in [1.807, 2.05) is 6.92 Å². The highest BCUT2D eigenvalue weighted by atomic mass is 19.4. The van der Waals surface area contributed by atoms with Crippen LogP contribution < -0.4 is 5.32 Å². The van der Waals surface area contributed by atoms with Gasteiger partial charge < -0.3 is 10.4 Å². The Hall–Kier alpha value is -1.27. The van der Waals surface area contributed by atoms with Crippen LogP contribution in [0.15, 0.2) is 18.2 Å². The van der Waals surface area contributed by atoms with Crippen LogP contribution in [-0.4, -0.2) is 36.2 Å². The van der Waals surface area contributed by atoms with Crippen molar-refractivity contribution in [1.29, 1.82) is 0 Å². The van der Waals surface area contributed by atoms with Gasteiger partial charge in [0, 0.05) is 37.8 Å². The first-order chi connectivity index (χ1) is 9.93. The number of nitrogens with zero attached hydrogens (tertiary/aromatic N) is 1. The Morgan fingerprint density at radius 2 is 1.95 bits per heavy atom. The molecular formula is C15H21F3N2O. The first-order valence-corrected chi connectivity index (χ1v) is 7.28. The fourth-order valence-corrected chi connectivity index (χ4v) is 2.80. The van der Waals surface area contributed by atoms with E-state index in [-0.39, 0.29) is 11.8 Å². The van der Waals surface area contributed by atoms with Gasteiger partial charge in [0.1, 0.15) is 5.75 Å². The lowest BCUT2D eigenvalue weighted by Gasteiger charge is -2.35. The zero-order valence-electron chi connectivity index (χ0n) is 12.1. The number of aromatic hydroxyl groups is 1. The maximum atomic E-state index is 12.9. The lowest BCUT2D eigenvalue weighted by Crippen LogP contribution is -2.45. The number of nitrogens with one attached hydrogen (secondary N) is 1. The molecule has 1 aromatic rings. The second-order valence-corrected chi connectivity index (χ2v) is 5.36. The number of halogens is 3. The van der Waals surface area contributed by atoms with Gasteiger partial charge in [0.15, 0.2) is 0 Å². The van der Waals surface area contributed by atoms with Crippen LogP contribution >= 0.6 is 0 Å². The summed E-state index contributed by atoms with van der Waals surface area (Å²) in [6, 6.07) is 3.01. The molecule has 0 bridgehead atoms. The van der Waals surface area contributed by atoms with E-state index in [4.69, 9.17) is 0 Å². The van der Waals surface area contributed by atoms with Crippen molar-refractivity contribution in [1.82, 2.24) is 10.2 Å². The molecular weight excluding hydrogens is 281 g/mol. The molecule has 1 fully saturated rings. The third-order valence-corrected chi connectivity index (χ3v) is 3.87. The summed E-state index contributed by atoms with van der Waals surface area (Å²) in [5.74, 6) is -0.0556. The summed E-state index contributed by atoms with van der Waals surface area (Å²) >= 11 is 0. The molecule has 0 saturated carbocycles. The Bertz CT molecular complexity index is 470. The summed E-state index contributed by atoms with van der Waals surface area (Å²) in [7, 11) is 0. The molecule has 0 amide bonds. The van der Waals surface area contributed by atoms with Crippen molar-refractivity contribution >= 4 is 0 Å². The molecule has 0 radical (unpaired) electrons. The first-order valence-electron chi connectivity index (χ1n) is 7.28. The summed E-state index contributed by atoms with van der Waals surface area (Å²) in [5, 5.41) is 13.2. The van der Waals surface area contributed by atoms with Crippen molar-refractivity contribution < 1.29 is 18.3 Å². The molecule has 1 aliphatic heterocycles. The molecule has 6 heteroatoms. The summed E-state index contributed by atoms with van der Waals surface area (Å²) < 4.78 is 38.7. The van der Waals surface area contributed by atoms with E-state index < -0.39 is 11.7 Å². The number of phenolic OH excluding ortho intramolecular Hbond substituents is 1. The van der Waals surface area contributed by atoms with Gasteiger partial charge in [-0.2, -0.15) is 13.2 Å². The Morgan fingerprint density at radius 1 is 1.29 bits per heavy atom. The standard InChI is InChI=1S/C15H21F3N2O/c1-2-3-13(20-8-6-19-7-9-20)12-10-11(15(16,17)18)4-5-14(12)21/h4-5,10,13,19,21H,2-3,6-9H2,1H3/t13-/m0/s1. The predicted molar refractivity (Wildman–Crippen MR) is 75.2 cm³/mol. The van der Waals surface area contributed by atoms with Crippen molar-refractivity contribution in [3.05, 3.63) is 29.3 Å². The average molecular weight is 302 g/mol. The fourth-order valence-electron chi connectivity index (χ4n) is 2.80. The smallest absolute Gasteiger partial charge is 0.416 e. The molecule has 1 aliphatic rings. The zero-order chi connectivity index (χ0) is 15.5. The van der Waals surface area contributed by atoms with E-state index in [9.17, 15) is 18.3 Å². The molecule has 21 heavy (non-hydrogen) atoms. The SMILES string of the molecule is CCC[C@@H](c1cc(C(F)(F)F)ccc1O)N1CCNCC1. The van der Waals surface area contributed by atoms with Gasteiger partial charge in [0.2, 0.25) is 0 Å². The topological polar surface area (TPSA) is 35.5 Å². The van der Waals surface area contributed by atoms with Gasteiger partial charge in [-0.15, -0.1) is 0 Å². The Morgan fingerprint density at radius 3 is 2.52 bits per heavy atom. The molecule has 0 unspecified atom stereocenters. The van der Waals surface area contributed by atoms with Gasteiger partial charge in [-0.05, 0) is 24.6 Å². The number of phenols is 1. The van der Waals surface area contributed by atoms with Gasteiger partial charge in [0.25, 0.3) is 0 Å². The molecule has 1 aromatic carbocycles. The number of alkyl halides is 3. The van der Waals surface area contributed by atoms with Crippen LogP contribution in [0.1, 0.15) is 36.9 Å². The third kappa shape index (κ3) is 3.89. The molecule has 118 valence electrons. The van der Waals surface area contributed by atoms with Gasteiger partial charge in [-0.3, -0.25) is 4.90 Å². The van der Waals surface area contributed by atoms with Crippen molar-refractivity contribution in [3.8, 4) is 5.75 Å². The number of hydrogen-bond donors (Lipinski definition) is 2. The van der Waals surface area contributed by atoms with Crippen LogP contribution in [0.3, 0.4) is 0 Å². The molecule has 2 N–H and O–H groups in total. The van der Waals surface area contributed by atoms with E-state index in [1.54, 1.807) is 0 Å². The highest BCUT2D eigenvalue weighted by Gasteiger charge is 2.33. The van der Waals surface area contributed by atoms with Crippen molar-refractivity contribution in [2.45, 2.75) is 32.0 Å². The first kappa shape index (κ1) is 16.1. The largest absolute Gasteiger partial charge is 0.508 e. The summed E-state index contributed by atoms with van der Waals surface area (Å²) in [6.45, 7) is 5.19. The monoisotopic (exact) mass is 302 g/mol. The van der Waals surface area contributed by atoms with E-state index >= 15 is 0 Å². The predicted octanol–water partition coefficient (Wildman–Crippen LogP) is 3.16. The van der Waals surface area contributed by atoms with E-state index in [0.29, 0.717) is 5.56 Å². The van der Waals surface area contributed by atoms with Crippen LogP contribution in [0, 0.1) is 0 Å². The highest BCUT2D eigenvalue weighted by Crippen LogP contribution is 2.37. The summed E-state index contributed by atoms with van der Waals surface area (Å²) in [5.41, 5.74) is -0.319. The third-order valence-electron chi connectivity index (χ3n) is 3.87. The van der Waals surface area contributed by atoms with E-state index in [2.05, 4.69) is 10.2 Å². The van der Waals surface area contributed by atoms with Crippen LogP contribution in [0.4, 0.5) is 13.2 Å². The molecule has 0 aliphatic carbocycles. The van der Waals surface area contributed by atoms with Gasteiger partial charge in [0.05, 0.1) is 5.56 Å². The fraction of sp³-hybridized carbons (Fsp3) is 0.600. The second-order valence-electron chi connectivity index (χ2n) is 5.36. The molecule has 1 heterocycles. The highest BCUT2D eigenvalue weighted by molar-refractivity contribution is 5.39. The Balaban J connectivity index is 2.34. The average Bonchev–Trinajstić information content (AvgIpc) is 2.45. The minimum Gasteiger partial charge on any atom is -0.508 e. The minimum atomic E-state index is -4.39. The number of piperazine rings is 1. The molecule has 0 spiro atoms. The quantitative estimate of drug-likeness (QED) is 0.897. The van der Waals surface area contributed by atoms with Crippen LogP contribution in [-0.2, 0) is 6.18 Å². The van der Waals surface area contributed by atoms with Crippen LogP contribution in [0.5, 0.6) is 5.75 Å². The number of benzene rings is 1. The van der Waals surface area contributed by atoms with Gasteiger partial charge in [-0.1, -0.05) is 13.3 Å². The summed E-state index contributed by atoms with van der Waals surface area (Å²) in [6.07, 6.45) is -2.80. The lowest BCUT2D eigenvalue weighted by molar-refractivity contribution is -0.137. The second kappa shape index (κ2) is 6.66. The number of hydrogen-bond acceptors (Lipinski definition) is 3. The van der Waals surface area contributed by atoms with Crippen molar-refractivity contribution in [3.63, 3.8) is 0 Å². The molecule has 1 atom stereocenters. The minimum absolute atomic E-state index is 0.0556. The lowest BCUT2D eigenvalue weighted by atomic mass is 9.96. The maximum absolute atomic E-state index is 12.9. The Labute approximate surface area is 122 Å². The molecule has 0 aromatic heterocycles. The molecule has 2 rings (SSSR count). The van der Waals surface area contributed by atoms with Crippen LogP contribution in [0.2, 0.25) is 0 Å². The van der Waals surface area contributed by atoms with Crippen molar-refractivity contribution in [2.75, 3.05) is 26.2 Å². The van der Waals surface area contributed by atoms with E-state index in [0.717, 1.165) is 57.2 Å². The van der Waals surface area contributed by atoms with Gasteiger partial charge in [-0.25, -0.2) is 0 Å². The van der Waals surface area contributed by atoms with Crippen LogP contribution in [0.25, 0.3) is 0 Å². The Kier molecular flexibility index (Phi) is 5.11. The molecule has 3 nitrogen and oxygen atoms in total. The number of rotatable bonds is 4. The maximum Gasteiger partial charge on any atom is 0.416 e. The van der Waals surface area contributed by atoms with E-state index in [1.165, 1.54) is 0 Å². The molecule has 1 saturated heterocycles. The zero-order valence-corrected chi connectivity index (χ0v) is 12.1. The van der Waals surface area contributed by atoms with Gasteiger partial charge >= 0.3 is 6.18 Å².